The summed E-state index contributed by atoms with van der Waals surface area (Å²) in [5.41, 5.74) is 0. The average molecular weight is 267 g/mol. The van der Waals surface area contributed by atoms with Crippen molar-refractivity contribution in [3.05, 3.63) is 30.0 Å². The predicted octanol–water partition coefficient (Wildman–Crippen LogP) is 2.68. The van der Waals surface area contributed by atoms with Crippen molar-refractivity contribution < 1.29 is 4.42 Å². The summed E-state index contributed by atoms with van der Waals surface area (Å²) in [7, 11) is 0. The molecule has 0 atom stereocenters. The van der Waals surface area contributed by atoms with E-state index in [0.717, 1.165) is 34.2 Å². The highest BCUT2D eigenvalue weighted by atomic mass is 32.2. The van der Waals surface area contributed by atoms with Gasteiger partial charge in [-0.2, -0.15) is 4.37 Å². The Hall–Kier alpha value is -0.850. The first-order chi connectivity index (χ1) is 8.40. The van der Waals surface area contributed by atoms with Gasteiger partial charge in [-0.3, -0.25) is 0 Å². The van der Waals surface area contributed by atoms with Crippen LogP contribution in [0.25, 0.3) is 0 Å². The molecular formula is C11H13N3OS2. The molecule has 2 aromatic heterocycles. The molecule has 0 saturated heterocycles. The van der Waals surface area contributed by atoms with Crippen LogP contribution in [0, 0.1) is 0 Å². The van der Waals surface area contributed by atoms with E-state index in [0.29, 0.717) is 0 Å². The molecule has 6 heteroatoms. The summed E-state index contributed by atoms with van der Waals surface area (Å²) >= 11 is 3.08. The lowest BCUT2D eigenvalue weighted by Gasteiger charge is -1.98. The highest BCUT2D eigenvalue weighted by Gasteiger charge is 2.20. The Bertz CT molecular complexity index is 465. The number of thioether (sulfide) groups is 1. The number of rotatable bonds is 6. The summed E-state index contributed by atoms with van der Waals surface area (Å²) in [4.78, 5) is 4.12. The van der Waals surface area contributed by atoms with Crippen LogP contribution in [0.4, 0.5) is 0 Å². The van der Waals surface area contributed by atoms with E-state index in [-0.39, 0.29) is 0 Å². The number of aromatic nitrogens is 2. The molecule has 0 radical (unpaired) electrons. The highest BCUT2D eigenvalue weighted by molar-refractivity contribution is 8.00. The van der Waals surface area contributed by atoms with Gasteiger partial charge in [0.25, 0.3) is 0 Å². The minimum atomic E-state index is 0.722. The summed E-state index contributed by atoms with van der Waals surface area (Å²) in [5, 5.41) is 3.44. The third-order valence-corrected chi connectivity index (χ3v) is 4.36. The van der Waals surface area contributed by atoms with Gasteiger partial charge in [0.2, 0.25) is 0 Å². The SMILES string of the molecule is c1nsc(SCc2ccc(CNC3CC3)o2)n1. The Morgan fingerprint density at radius 1 is 1.41 bits per heavy atom. The standard InChI is InChI=1S/C11H13N3OS2/c1-2-8(1)12-5-9-3-4-10(15-9)6-16-11-13-7-14-17-11/h3-4,7-8,12H,1-2,5-6H2. The predicted molar refractivity (Wildman–Crippen MR) is 68.0 cm³/mol. The lowest BCUT2D eigenvalue weighted by molar-refractivity contribution is 0.458. The molecule has 1 aliphatic carbocycles. The van der Waals surface area contributed by atoms with Gasteiger partial charge in [-0.1, -0.05) is 11.8 Å². The van der Waals surface area contributed by atoms with Gasteiger partial charge in [0, 0.05) is 6.04 Å². The Kier molecular flexibility index (Phi) is 3.44. The molecule has 1 N–H and O–H groups in total. The van der Waals surface area contributed by atoms with E-state index >= 15 is 0 Å². The molecule has 2 aromatic rings. The maximum absolute atomic E-state index is 5.73. The van der Waals surface area contributed by atoms with Gasteiger partial charge in [0.1, 0.15) is 17.8 Å². The second-order valence-corrected chi connectivity index (χ2v) is 6.02. The van der Waals surface area contributed by atoms with Crippen LogP contribution in [0.5, 0.6) is 0 Å². The molecule has 1 saturated carbocycles. The molecule has 3 rings (SSSR count). The lowest BCUT2D eigenvalue weighted by Crippen LogP contribution is -2.14. The van der Waals surface area contributed by atoms with Crippen LogP contribution in [-0.2, 0) is 12.3 Å². The minimum absolute atomic E-state index is 0.722. The molecule has 0 aliphatic heterocycles. The smallest absolute Gasteiger partial charge is 0.170 e. The Morgan fingerprint density at radius 2 is 2.29 bits per heavy atom. The van der Waals surface area contributed by atoms with Crippen LogP contribution in [0.2, 0.25) is 0 Å². The fourth-order valence-electron chi connectivity index (χ4n) is 1.49. The highest BCUT2D eigenvalue weighted by Crippen LogP contribution is 2.24. The van der Waals surface area contributed by atoms with Crippen molar-refractivity contribution in [1.29, 1.82) is 0 Å². The van der Waals surface area contributed by atoms with Gasteiger partial charge in [0.15, 0.2) is 4.34 Å². The number of nitrogens with zero attached hydrogens (tertiary/aromatic N) is 2. The first kappa shape index (κ1) is 11.3. The van der Waals surface area contributed by atoms with Crippen LogP contribution in [0.15, 0.2) is 27.2 Å². The van der Waals surface area contributed by atoms with E-state index in [2.05, 4.69) is 14.7 Å². The second kappa shape index (κ2) is 5.20. The molecule has 1 fully saturated rings. The van der Waals surface area contributed by atoms with Crippen molar-refractivity contribution in [1.82, 2.24) is 14.7 Å². The average Bonchev–Trinajstić information content (AvgIpc) is 2.86. The van der Waals surface area contributed by atoms with Crippen LogP contribution in [-0.4, -0.2) is 15.4 Å². The van der Waals surface area contributed by atoms with E-state index in [9.17, 15) is 0 Å². The first-order valence-electron chi connectivity index (χ1n) is 5.60. The van der Waals surface area contributed by atoms with Crippen LogP contribution >= 0.6 is 23.3 Å². The van der Waals surface area contributed by atoms with Crippen molar-refractivity contribution in [2.45, 2.75) is 35.5 Å². The zero-order valence-electron chi connectivity index (χ0n) is 9.26. The maximum atomic E-state index is 5.73. The van der Waals surface area contributed by atoms with Crippen LogP contribution in [0.1, 0.15) is 24.4 Å². The molecule has 0 amide bonds. The van der Waals surface area contributed by atoms with Gasteiger partial charge in [-0.25, -0.2) is 4.98 Å². The van der Waals surface area contributed by atoms with Crippen molar-refractivity contribution in [2.75, 3.05) is 0 Å². The Labute approximate surface area is 108 Å². The van der Waals surface area contributed by atoms with Crippen molar-refractivity contribution in [3.8, 4) is 0 Å². The summed E-state index contributed by atoms with van der Waals surface area (Å²) in [6, 6.07) is 4.81. The zero-order chi connectivity index (χ0) is 11.5. The molecular weight excluding hydrogens is 254 g/mol. The Balaban J connectivity index is 1.49. The molecule has 0 aromatic carbocycles. The lowest BCUT2D eigenvalue weighted by atomic mass is 10.4. The maximum Gasteiger partial charge on any atom is 0.170 e. The monoisotopic (exact) mass is 267 g/mol. The van der Waals surface area contributed by atoms with Crippen LogP contribution in [0.3, 0.4) is 0 Å². The van der Waals surface area contributed by atoms with Gasteiger partial charge < -0.3 is 9.73 Å². The zero-order valence-corrected chi connectivity index (χ0v) is 10.9. The van der Waals surface area contributed by atoms with Gasteiger partial charge >= 0.3 is 0 Å². The molecule has 0 bridgehead atoms. The van der Waals surface area contributed by atoms with Gasteiger partial charge in [0.05, 0.1) is 12.3 Å². The van der Waals surface area contributed by atoms with Crippen LogP contribution < -0.4 is 5.32 Å². The fourth-order valence-corrected chi connectivity index (χ4v) is 2.82. The third kappa shape index (κ3) is 3.31. The van der Waals surface area contributed by atoms with E-state index in [4.69, 9.17) is 4.42 Å². The van der Waals surface area contributed by atoms with Crippen molar-refractivity contribution in [2.24, 2.45) is 0 Å². The van der Waals surface area contributed by atoms with Gasteiger partial charge in [-0.15, -0.1) is 0 Å². The molecule has 90 valence electrons. The Morgan fingerprint density at radius 3 is 3.06 bits per heavy atom. The minimum Gasteiger partial charge on any atom is -0.464 e. The first-order valence-corrected chi connectivity index (χ1v) is 7.36. The van der Waals surface area contributed by atoms with Crippen molar-refractivity contribution in [3.63, 3.8) is 0 Å². The molecule has 1 aliphatic rings. The second-order valence-electron chi connectivity index (χ2n) is 4.02. The number of nitrogens with one attached hydrogen (secondary N) is 1. The summed E-state index contributed by atoms with van der Waals surface area (Å²) in [6.45, 7) is 0.841. The van der Waals surface area contributed by atoms with E-state index in [1.54, 1.807) is 18.1 Å². The van der Waals surface area contributed by atoms with E-state index in [1.165, 1.54) is 24.4 Å². The normalized spacial score (nSPS) is 15.3. The molecule has 2 heterocycles. The van der Waals surface area contributed by atoms with Gasteiger partial charge in [-0.05, 0) is 36.5 Å². The quantitative estimate of drug-likeness (QED) is 0.815. The number of furan rings is 1. The van der Waals surface area contributed by atoms with E-state index < -0.39 is 0 Å². The summed E-state index contributed by atoms with van der Waals surface area (Å²) < 4.78 is 10.7. The van der Waals surface area contributed by atoms with E-state index in [1.807, 2.05) is 12.1 Å². The molecule has 17 heavy (non-hydrogen) atoms. The number of hydrogen-bond donors (Lipinski definition) is 1. The molecule has 4 nitrogen and oxygen atoms in total. The number of hydrogen-bond acceptors (Lipinski definition) is 6. The largest absolute Gasteiger partial charge is 0.464 e. The fraction of sp³-hybridized carbons (Fsp3) is 0.455. The topological polar surface area (TPSA) is 51.0 Å². The summed E-state index contributed by atoms with van der Waals surface area (Å²) in [5.74, 6) is 2.83. The summed E-state index contributed by atoms with van der Waals surface area (Å²) in [6.07, 6.45) is 4.20. The molecule has 0 spiro atoms. The third-order valence-electron chi connectivity index (χ3n) is 2.54. The molecule has 0 unspecified atom stereocenters. The van der Waals surface area contributed by atoms with Crippen molar-refractivity contribution >= 4 is 23.3 Å².